The number of hydrogen-bond acceptors (Lipinski definition) is 3. The molecule has 0 N–H and O–H groups in total. The first-order valence-corrected chi connectivity index (χ1v) is 6.96. The Balaban J connectivity index is 1.79. The molecule has 0 saturated heterocycles. The Kier molecular flexibility index (Phi) is 5.01. The summed E-state index contributed by atoms with van der Waals surface area (Å²) < 4.78 is 12.7. The Morgan fingerprint density at radius 2 is 1.72 bits per heavy atom. The first-order chi connectivity index (χ1) is 8.75. The van der Waals surface area contributed by atoms with Crippen LogP contribution in [0.1, 0.15) is 0 Å². The van der Waals surface area contributed by atoms with Crippen LogP contribution in [-0.4, -0.2) is 18.2 Å². The first kappa shape index (κ1) is 13.4. The number of nitrogens with zero attached hydrogens (tertiary/aromatic N) is 1. The second kappa shape index (κ2) is 6.75. The molecule has 2 rings (SSSR count). The van der Waals surface area contributed by atoms with Gasteiger partial charge in [-0.3, -0.25) is 0 Å². The van der Waals surface area contributed by atoms with Crippen LogP contribution in [0.4, 0.5) is 0 Å². The van der Waals surface area contributed by atoms with Crippen LogP contribution in [0.25, 0.3) is 0 Å². The topological polar surface area (TPSA) is 31.4 Å². The zero-order chi connectivity index (χ0) is 12.8. The van der Waals surface area contributed by atoms with E-state index in [9.17, 15) is 0 Å². The standard InChI is InChI=1S/C13H11Br2NO2/c14-10-8-12(15)13(16-9-10)18-7-6-17-11-4-2-1-3-5-11/h1-5,8-9H,6-7H2. The SMILES string of the molecule is Brc1cnc(OCCOc2ccccc2)c(Br)c1. The van der Waals surface area contributed by atoms with E-state index in [0.717, 1.165) is 14.7 Å². The highest BCUT2D eigenvalue weighted by molar-refractivity contribution is 9.11. The molecular formula is C13H11Br2NO2. The van der Waals surface area contributed by atoms with Gasteiger partial charge >= 0.3 is 0 Å². The molecule has 1 heterocycles. The van der Waals surface area contributed by atoms with Crippen molar-refractivity contribution in [3.63, 3.8) is 0 Å². The van der Waals surface area contributed by atoms with Crippen LogP contribution in [0.3, 0.4) is 0 Å². The molecule has 1 aromatic heterocycles. The van der Waals surface area contributed by atoms with Gasteiger partial charge in [0.25, 0.3) is 0 Å². The second-order valence-electron chi connectivity index (χ2n) is 3.45. The zero-order valence-corrected chi connectivity index (χ0v) is 12.6. The van der Waals surface area contributed by atoms with Crippen molar-refractivity contribution in [3.05, 3.63) is 51.5 Å². The third-order valence-electron chi connectivity index (χ3n) is 2.11. The van der Waals surface area contributed by atoms with Gasteiger partial charge in [-0.05, 0) is 50.1 Å². The molecule has 0 radical (unpaired) electrons. The lowest BCUT2D eigenvalue weighted by molar-refractivity contribution is 0.211. The Hall–Kier alpha value is -1.07. The smallest absolute Gasteiger partial charge is 0.228 e. The van der Waals surface area contributed by atoms with Crippen LogP contribution in [0.5, 0.6) is 11.6 Å². The number of ether oxygens (including phenoxy) is 2. The minimum absolute atomic E-state index is 0.447. The van der Waals surface area contributed by atoms with Crippen LogP contribution >= 0.6 is 31.9 Å². The minimum atomic E-state index is 0.447. The number of hydrogen-bond donors (Lipinski definition) is 0. The van der Waals surface area contributed by atoms with E-state index in [2.05, 4.69) is 36.8 Å². The van der Waals surface area contributed by atoms with Crippen molar-refractivity contribution >= 4 is 31.9 Å². The van der Waals surface area contributed by atoms with Crippen molar-refractivity contribution in [1.82, 2.24) is 4.98 Å². The van der Waals surface area contributed by atoms with E-state index in [1.54, 1.807) is 6.20 Å². The van der Waals surface area contributed by atoms with Gasteiger partial charge in [-0.25, -0.2) is 4.98 Å². The monoisotopic (exact) mass is 371 g/mol. The van der Waals surface area contributed by atoms with Gasteiger partial charge in [-0.15, -0.1) is 0 Å². The Morgan fingerprint density at radius 3 is 2.44 bits per heavy atom. The highest BCUT2D eigenvalue weighted by Crippen LogP contribution is 2.25. The van der Waals surface area contributed by atoms with Crippen molar-refractivity contribution in [1.29, 1.82) is 0 Å². The summed E-state index contributed by atoms with van der Waals surface area (Å²) in [6, 6.07) is 11.5. The predicted octanol–water partition coefficient (Wildman–Crippen LogP) is 4.06. The summed E-state index contributed by atoms with van der Waals surface area (Å²) >= 11 is 6.72. The molecule has 0 spiro atoms. The van der Waals surface area contributed by atoms with Crippen LogP contribution in [0.2, 0.25) is 0 Å². The number of aromatic nitrogens is 1. The largest absolute Gasteiger partial charge is 0.490 e. The Labute approximate surface area is 122 Å². The van der Waals surface area contributed by atoms with Gasteiger partial charge in [0.15, 0.2) is 0 Å². The van der Waals surface area contributed by atoms with Crippen molar-refractivity contribution in [2.45, 2.75) is 0 Å². The molecular weight excluding hydrogens is 362 g/mol. The van der Waals surface area contributed by atoms with Crippen molar-refractivity contribution in [2.24, 2.45) is 0 Å². The van der Waals surface area contributed by atoms with Crippen molar-refractivity contribution in [3.8, 4) is 11.6 Å². The van der Waals surface area contributed by atoms with Crippen molar-refractivity contribution < 1.29 is 9.47 Å². The molecule has 0 saturated carbocycles. The maximum atomic E-state index is 5.51. The van der Waals surface area contributed by atoms with Gasteiger partial charge in [0.1, 0.15) is 19.0 Å². The van der Waals surface area contributed by atoms with Gasteiger partial charge in [-0.2, -0.15) is 0 Å². The zero-order valence-electron chi connectivity index (χ0n) is 9.48. The summed E-state index contributed by atoms with van der Waals surface area (Å²) in [6.07, 6.45) is 1.69. The molecule has 3 nitrogen and oxygen atoms in total. The average Bonchev–Trinajstić information content (AvgIpc) is 2.38. The maximum absolute atomic E-state index is 5.51. The fourth-order valence-corrected chi connectivity index (χ4v) is 2.42. The Bertz CT molecular complexity index is 506. The lowest BCUT2D eigenvalue weighted by atomic mass is 10.3. The second-order valence-corrected chi connectivity index (χ2v) is 5.22. The molecule has 0 aliphatic carbocycles. The van der Waals surface area contributed by atoms with Gasteiger partial charge in [0.2, 0.25) is 5.88 Å². The van der Waals surface area contributed by atoms with Crippen LogP contribution in [0, 0.1) is 0 Å². The summed E-state index contributed by atoms with van der Waals surface area (Å²) in [5.74, 6) is 1.40. The molecule has 5 heteroatoms. The number of benzene rings is 1. The van der Waals surface area contributed by atoms with E-state index in [0.29, 0.717) is 19.1 Å². The molecule has 0 unspecified atom stereocenters. The molecule has 1 aromatic carbocycles. The molecule has 2 aromatic rings. The molecule has 94 valence electrons. The summed E-state index contributed by atoms with van der Waals surface area (Å²) in [5, 5.41) is 0. The van der Waals surface area contributed by atoms with E-state index in [-0.39, 0.29) is 0 Å². The summed E-state index contributed by atoms with van der Waals surface area (Å²) in [5.41, 5.74) is 0. The quantitative estimate of drug-likeness (QED) is 0.741. The molecule has 0 atom stereocenters. The van der Waals surface area contributed by atoms with E-state index >= 15 is 0 Å². The highest BCUT2D eigenvalue weighted by atomic mass is 79.9. The van der Waals surface area contributed by atoms with E-state index in [1.165, 1.54) is 0 Å². The maximum Gasteiger partial charge on any atom is 0.228 e. The lowest BCUT2D eigenvalue weighted by Gasteiger charge is -2.08. The molecule has 0 fully saturated rings. The van der Waals surface area contributed by atoms with Crippen molar-refractivity contribution in [2.75, 3.05) is 13.2 Å². The van der Waals surface area contributed by atoms with E-state index in [4.69, 9.17) is 9.47 Å². The van der Waals surface area contributed by atoms with Gasteiger partial charge in [-0.1, -0.05) is 18.2 Å². The summed E-state index contributed by atoms with van der Waals surface area (Å²) in [6.45, 7) is 0.927. The fourth-order valence-electron chi connectivity index (χ4n) is 1.32. The molecule has 0 aliphatic heterocycles. The molecule has 0 amide bonds. The van der Waals surface area contributed by atoms with Crippen LogP contribution in [0.15, 0.2) is 51.5 Å². The third kappa shape index (κ3) is 3.99. The summed E-state index contributed by atoms with van der Waals surface area (Å²) in [4.78, 5) is 4.15. The normalized spacial score (nSPS) is 10.1. The molecule has 0 aliphatic rings. The number of rotatable bonds is 5. The lowest BCUT2D eigenvalue weighted by Crippen LogP contribution is -2.09. The fraction of sp³-hybridized carbons (Fsp3) is 0.154. The van der Waals surface area contributed by atoms with E-state index in [1.807, 2.05) is 36.4 Å². The van der Waals surface area contributed by atoms with Crippen LogP contribution < -0.4 is 9.47 Å². The number of para-hydroxylation sites is 1. The molecule has 18 heavy (non-hydrogen) atoms. The first-order valence-electron chi connectivity index (χ1n) is 5.37. The van der Waals surface area contributed by atoms with Gasteiger partial charge < -0.3 is 9.47 Å². The van der Waals surface area contributed by atoms with Crippen LogP contribution in [-0.2, 0) is 0 Å². The Morgan fingerprint density at radius 1 is 1.00 bits per heavy atom. The van der Waals surface area contributed by atoms with Gasteiger partial charge in [0, 0.05) is 10.7 Å². The highest BCUT2D eigenvalue weighted by Gasteiger charge is 2.03. The third-order valence-corrected chi connectivity index (χ3v) is 3.11. The molecule has 0 bridgehead atoms. The number of halogens is 2. The minimum Gasteiger partial charge on any atom is -0.490 e. The number of pyridine rings is 1. The average molecular weight is 373 g/mol. The van der Waals surface area contributed by atoms with Gasteiger partial charge in [0.05, 0.1) is 4.47 Å². The summed E-state index contributed by atoms with van der Waals surface area (Å²) in [7, 11) is 0. The van der Waals surface area contributed by atoms with E-state index < -0.39 is 0 Å². The predicted molar refractivity (Wildman–Crippen MR) is 77.1 cm³/mol.